The number of pyridine rings is 1. The molecular formula is C17H28N2O4. The molecule has 0 unspecified atom stereocenters. The van der Waals surface area contributed by atoms with Gasteiger partial charge in [0.05, 0.1) is 24.6 Å². The number of aromatic nitrogens is 1. The molecule has 3 N–H and O–H groups in total. The van der Waals surface area contributed by atoms with Gasteiger partial charge in [-0.3, -0.25) is 4.98 Å². The Morgan fingerprint density at radius 1 is 1.13 bits per heavy atom. The van der Waals surface area contributed by atoms with Gasteiger partial charge in [0.15, 0.2) is 0 Å². The fourth-order valence-electron chi connectivity index (χ4n) is 2.16. The molecule has 1 aromatic heterocycles. The van der Waals surface area contributed by atoms with Gasteiger partial charge in [-0.1, -0.05) is 6.42 Å². The standard InChI is InChI=1S/C17H28N2O4/c1-17(2,3)23-16(22)18-8-6-4-5-7-13-9-14(11-20)19-15(10-13)12-21/h9-10,20-21H,4-8,11-12H2,1-3H3,(H,18,22). The maximum absolute atomic E-state index is 11.5. The van der Waals surface area contributed by atoms with E-state index in [9.17, 15) is 4.79 Å². The van der Waals surface area contributed by atoms with Gasteiger partial charge in [0.2, 0.25) is 0 Å². The highest BCUT2D eigenvalue weighted by Gasteiger charge is 2.15. The zero-order valence-corrected chi connectivity index (χ0v) is 14.3. The number of aryl methyl sites for hydroxylation is 1. The first kappa shape index (κ1) is 19.4. The average Bonchev–Trinajstić information content (AvgIpc) is 2.48. The first-order valence-corrected chi connectivity index (χ1v) is 8.01. The molecule has 1 rings (SSSR count). The minimum atomic E-state index is -0.472. The monoisotopic (exact) mass is 324 g/mol. The smallest absolute Gasteiger partial charge is 0.407 e. The third-order valence-electron chi connectivity index (χ3n) is 3.13. The number of aliphatic hydroxyl groups is 2. The Labute approximate surface area is 137 Å². The molecule has 0 aliphatic heterocycles. The Balaban J connectivity index is 2.24. The SMILES string of the molecule is CC(C)(C)OC(=O)NCCCCCc1cc(CO)nc(CO)c1. The first-order valence-electron chi connectivity index (χ1n) is 8.01. The largest absolute Gasteiger partial charge is 0.444 e. The van der Waals surface area contributed by atoms with Crippen LogP contribution in [0, 0.1) is 0 Å². The van der Waals surface area contributed by atoms with E-state index in [1.54, 1.807) is 0 Å². The third kappa shape index (κ3) is 8.52. The van der Waals surface area contributed by atoms with Gasteiger partial charge in [-0.2, -0.15) is 0 Å². The van der Waals surface area contributed by atoms with Crippen LogP contribution in [0.2, 0.25) is 0 Å². The molecule has 0 saturated carbocycles. The van der Waals surface area contributed by atoms with Crippen molar-refractivity contribution in [3.05, 3.63) is 29.1 Å². The van der Waals surface area contributed by atoms with Gasteiger partial charge in [0.25, 0.3) is 0 Å². The summed E-state index contributed by atoms with van der Waals surface area (Å²) in [5, 5.41) is 21.1. The van der Waals surface area contributed by atoms with Gasteiger partial charge in [0.1, 0.15) is 5.60 Å². The summed E-state index contributed by atoms with van der Waals surface area (Å²) in [5.41, 5.74) is 1.75. The molecule has 0 aromatic carbocycles. The molecular weight excluding hydrogens is 296 g/mol. The quantitative estimate of drug-likeness (QED) is 0.638. The zero-order valence-electron chi connectivity index (χ0n) is 14.3. The lowest BCUT2D eigenvalue weighted by atomic mass is 10.1. The number of nitrogens with one attached hydrogen (secondary N) is 1. The maximum Gasteiger partial charge on any atom is 0.407 e. The Morgan fingerprint density at radius 3 is 2.26 bits per heavy atom. The van der Waals surface area contributed by atoms with Crippen molar-refractivity contribution in [2.45, 2.75) is 65.3 Å². The maximum atomic E-state index is 11.5. The minimum absolute atomic E-state index is 0.124. The van der Waals surface area contributed by atoms with E-state index < -0.39 is 5.60 Å². The summed E-state index contributed by atoms with van der Waals surface area (Å²) in [4.78, 5) is 15.6. The minimum Gasteiger partial charge on any atom is -0.444 e. The summed E-state index contributed by atoms with van der Waals surface area (Å²) in [6, 6.07) is 3.72. The Morgan fingerprint density at radius 2 is 1.74 bits per heavy atom. The molecule has 6 nitrogen and oxygen atoms in total. The van der Waals surface area contributed by atoms with E-state index in [1.165, 1.54) is 0 Å². The number of nitrogens with zero attached hydrogens (tertiary/aromatic N) is 1. The summed E-state index contributed by atoms with van der Waals surface area (Å²) in [6.07, 6.45) is 3.29. The molecule has 0 fully saturated rings. The summed E-state index contributed by atoms with van der Waals surface area (Å²) >= 11 is 0. The van der Waals surface area contributed by atoms with Crippen LogP contribution in [0.25, 0.3) is 0 Å². The van der Waals surface area contributed by atoms with Crippen molar-refractivity contribution >= 4 is 6.09 Å². The van der Waals surface area contributed by atoms with E-state index in [0.717, 1.165) is 31.2 Å². The van der Waals surface area contributed by atoms with Gasteiger partial charge in [-0.15, -0.1) is 0 Å². The van der Waals surface area contributed by atoms with Crippen molar-refractivity contribution in [1.82, 2.24) is 10.3 Å². The number of unbranched alkanes of at least 4 members (excludes halogenated alkanes) is 2. The van der Waals surface area contributed by atoms with Gasteiger partial charge >= 0.3 is 6.09 Å². The molecule has 1 heterocycles. The number of rotatable bonds is 8. The molecule has 0 bridgehead atoms. The molecule has 6 heteroatoms. The van der Waals surface area contributed by atoms with E-state index >= 15 is 0 Å². The zero-order chi connectivity index (χ0) is 17.3. The van der Waals surface area contributed by atoms with E-state index in [-0.39, 0.29) is 19.3 Å². The van der Waals surface area contributed by atoms with Crippen LogP contribution in [0.4, 0.5) is 4.79 Å². The summed E-state index contributed by atoms with van der Waals surface area (Å²) in [5.74, 6) is 0. The number of amides is 1. The summed E-state index contributed by atoms with van der Waals surface area (Å²) in [6.45, 7) is 5.85. The van der Waals surface area contributed by atoms with Gasteiger partial charge < -0.3 is 20.3 Å². The van der Waals surface area contributed by atoms with Crippen molar-refractivity contribution in [2.75, 3.05) is 6.54 Å². The second-order valence-corrected chi connectivity index (χ2v) is 6.51. The molecule has 130 valence electrons. The van der Waals surface area contributed by atoms with Gasteiger partial charge in [0, 0.05) is 6.54 Å². The Kier molecular flexibility index (Phi) is 7.98. The molecule has 23 heavy (non-hydrogen) atoms. The topological polar surface area (TPSA) is 91.7 Å². The van der Waals surface area contributed by atoms with Crippen LogP contribution in [0.3, 0.4) is 0 Å². The lowest BCUT2D eigenvalue weighted by Gasteiger charge is -2.19. The molecule has 0 aliphatic carbocycles. The van der Waals surface area contributed by atoms with Crippen molar-refractivity contribution in [3.63, 3.8) is 0 Å². The molecule has 0 radical (unpaired) electrons. The van der Waals surface area contributed by atoms with Crippen LogP contribution < -0.4 is 5.32 Å². The lowest BCUT2D eigenvalue weighted by Crippen LogP contribution is -2.32. The van der Waals surface area contributed by atoms with Crippen molar-refractivity contribution in [3.8, 4) is 0 Å². The van der Waals surface area contributed by atoms with Crippen molar-refractivity contribution in [2.24, 2.45) is 0 Å². The van der Waals surface area contributed by atoms with Crippen molar-refractivity contribution in [1.29, 1.82) is 0 Å². The number of hydrogen-bond acceptors (Lipinski definition) is 5. The van der Waals surface area contributed by atoms with E-state index in [2.05, 4.69) is 10.3 Å². The number of ether oxygens (including phenoxy) is 1. The highest BCUT2D eigenvalue weighted by molar-refractivity contribution is 5.67. The van der Waals surface area contributed by atoms with Gasteiger partial charge in [-0.25, -0.2) is 4.79 Å². The highest BCUT2D eigenvalue weighted by Crippen LogP contribution is 2.11. The molecule has 0 saturated heterocycles. The first-order chi connectivity index (χ1) is 10.8. The second-order valence-electron chi connectivity index (χ2n) is 6.51. The predicted molar refractivity (Wildman–Crippen MR) is 87.9 cm³/mol. The van der Waals surface area contributed by atoms with Crippen LogP contribution in [0.15, 0.2) is 12.1 Å². The Hall–Kier alpha value is -1.66. The van der Waals surface area contributed by atoms with Crippen LogP contribution in [0.1, 0.15) is 57.0 Å². The molecule has 1 aromatic rings. The summed E-state index contributed by atoms with van der Waals surface area (Å²) < 4.78 is 5.16. The average molecular weight is 324 g/mol. The molecule has 0 atom stereocenters. The number of carbonyl (C=O) groups is 1. The van der Waals surface area contributed by atoms with E-state index in [4.69, 9.17) is 14.9 Å². The molecule has 1 amide bonds. The normalized spacial score (nSPS) is 11.3. The summed E-state index contributed by atoms with van der Waals surface area (Å²) in [7, 11) is 0. The fourth-order valence-corrected chi connectivity index (χ4v) is 2.16. The Bertz CT molecular complexity index is 476. The molecule has 0 spiro atoms. The van der Waals surface area contributed by atoms with E-state index in [1.807, 2.05) is 32.9 Å². The van der Waals surface area contributed by atoms with Crippen LogP contribution in [-0.4, -0.2) is 33.4 Å². The number of hydrogen-bond donors (Lipinski definition) is 3. The second kappa shape index (κ2) is 9.47. The fraction of sp³-hybridized carbons (Fsp3) is 0.647. The third-order valence-corrected chi connectivity index (χ3v) is 3.13. The van der Waals surface area contributed by atoms with Gasteiger partial charge in [-0.05, 0) is 57.7 Å². The van der Waals surface area contributed by atoms with Crippen molar-refractivity contribution < 1.29 is 19.7 Å². The lowest BCUT2D eigenvalue weighted by molar-refractivity contribution is 0.0527. The highest BCUT2D eigenvalue weighted by atomic mass is 16.6. The number of aliphatic hydroxyl groups excluding tert-OH is 2. The van der Waals surface area contributed by atoms with Crippen LogP contribution in [-0.2, 0) is 24.4 Å². The van der Waals surface area contributed by atoms with Crippen LogP contribution >= 0.6 is 0 Å². The molecule has 0 aliphatic rings. The van der Waals surface area contributed by atoms with Crippen LogP contribution in [0.5, 0.6) is 0 Å². The predicted octanol–water partition coefficient (Wildman–Crippen LogP) is 2.30. The van der Waals surface area contributed by atoms with E-state index in [0.29, 0.717) is 17.9 Å². The number of carbonyl (C=O) groups excluding carboxylic acids is 1. The number of alkyl carbamates (subject to hydrolysis) is 1.